The highest BCUT2D eigenvalue weighted by Gasteiger charge is 2.19. The van der Waals surface area contributed by atoms with E-state index in [2.05, 4.69) is 4.90 Å². The van der Waals surface area contributed by atoms with Crippen LogP contribution in [0.3, 0.4) is 0 Å². The molecule has 0 saturated heterocycles. The SMILES string of the molecule is OCc1ccc(CN2CCOc3cc(F)ccc32)o1. The van der Waals surface area contributed by atoms with E-state index < -0.39 is 0 Å². The van der Waals surface area contributed by atoms with Gasteiger partial charge in [0.15, 0.2) is 0 Å². The minimum atomic E-state index is -0.304. The minimum Gasteiger partial charge on any atom is -0.489 e. The molecule has 0 amide bonds. The maximum atomic E-state index is 13.2. The van der Waals surface area contributed by atoms with Crippen molar-refractivity contribution in [3.8, 4) is 5.75 Å². The maximum Gasteiger partial charge on any atom is 0.145 e. The van der Waals surface area contributed by atoms with Crippen molar-refractivity contribution in [1.29, 1.82) is 0 Å². The molecule has 19 heavy (non-hydrogen) atoms. The predicted molar refractivity (Wildman–Crippen MR) is 67.6 cm³/mol. The summed E-state index contributed by atoms with van der Waals surface area (Å²) in [4.78, 5) is 2.07. The van der Waals surface area contributed by atoms with E-state index in [1.165, 1.54) is 12.1 Å². The molecule has 1 aliphatic heterocycles. The zero-order valence-electron chi connectivity index (χ0n) is 10.3. The number of rotatable bonds is 3. The summed E-state index contributed by atoms with van der Waals surface area (Å²) in [6.07, 6.45) is 0. The molecule has 3 rings (SSSR count). The van der Waals surface area contributed by atoms with Crippen molar-refractivity contribution in [2.45, 2.75) is 13.2 Å². The Morgan fingerprint density at radius 3 is 2.84 bits per heavy atom. The number of anilines is 1. The lowest BCUT2D eigenvalue weighted by Crippen LogP contribution is -2.32. The minimum absolute atomic E-state index is 0.106. The van der Waals surface area contributed by atoms with E-state index in [0.717, 1.165) is 11.4 Å². The van der Waals surface area contributed by atoms with E-state index in [9.17, 15) is 4.39 Å². The van der Waals surface area contributed by atoms with Crippen molar-refractivity contribution >= 4 is 5.69 Å². The molecular weight excluding hydrogens is 249 g/mol. The molecule has 0 radical (unpaired) electrons. The van der Waals surface area contributed by atoms with Gasteiger partial charge in [0, 0.05) is 6.07 Å². The summed E-state index contributed by atoms with van der Waals surface area (Å²) in [6, 6.07) is 8.11. The van der Waals surface area contributed by atoms with Gasteiger partial charge in [-0.2, -0.15) is 0 Å². The van der Waals surface area contributed by atoms with E-state index in [1.807, 2.05) is 6.07 Å². The number of ether oxygens (including phenoxy) is 1. The van der Waals surface area contributed by atoms with Gasteiger partial charge in [-0.1, -0.05) is 0 Å². The molecule has 0 spiro atoms. The fraction of sp³-hybridized carbons (Fsp3) is 0.286. The average molecular weight is 263 g/mol. The van der Waals surface area contributed by atoms with E-state index in [0.29, 0.717) is 31.2 Å². The van der Waals surface area contributed by atoms with Crippen LogP contribution in [0.25, 0.3) is 0 Å². The molecule has 0 aliphatic carbocycles. The Labute approximate surface area is 110 Å². The average Bonchev–Trinajstić information content (AvgIpc) is 2.86. The highest BCUT2D eigenvalue weighted by Crippen LogP contribution is 2.33. The molecular formula is C14H14FNO3. The van der Waals surface area contributed by atoms with Gasteiger partial charge in [-0.3, -0.25) is 0 Å². The molecule has 2 aromatic rings. The number of fused-ring (bicyclic) bond motifs is 1. The Morgan fingerprint density at radius 2 is 2.05 bits per heavy atom. The van der Waals surface area contributed by atoms with Crippen molar-refractivity contribution in [1.82, 2.24) is 0 Å². The molecule has 0 bridgehead atoms. The highest BCUT2D eigenvalue weighted by atomic mass is 19.1. The Morgan fingerprint density at radius 1 is 1.21 bits per heavy atom. The van der Waals surface area contributed by atoms with Crippen LogP contribution in [0.2, 0.25) is 0 Å². The third-order valence-electron chi connectivity index (χ3n) is 3.10. The van der Waals surface area contributed by atoms with Crippen molar-refractivity contribution in [2.75, 3.05) is 18.1 Å². The number of benzene rings is 1. The predicted octanol–water partition coefficient (Wildman–Crippen LogP) is 2.31. The molecule has 1 N–H and O–H groups in total. The van der Waals surface area contributed by atoms with Crippen molar-refractivity contribution < 1.29 is 18.7 Å². The molecule has 0 saturated carbocycles. The van der Waals surface area contributed by atoms with Gasteiger partial charge in [0.2, 0.25) is 0 Å². The number of furan rings is 1. The summed E-state index contributed by atoms with van der Waals surface area (Å²) in [5.74, 6) is 1.56. The van der Waals surface area contributed by atoms with Gasteiger partial charge >= 0.3 is 0 Å². The summed E-state index contributed by atoms with van der Waals surface area (Å²) < 4.78 is 24.1. The van der Waals surface area contributed by atoms with Crippen LogP contribution in [0.1, 0.15) is 11.5 Å². The normalized spacial score (nSPS) is 14.1. The maximum absolute atomic E-state index is 13.2. The molecule has 0 unspecified atom stereocenters. The fourth-order valence-electron chi connectivity index (χ4n) is 2.20. The third-order valence-corrected chi connectivity index (χ3v) is 3.10. The van der Waals surface area contributed by atoms with Gasteiger partial charge in [0.05, 0.1) is 18.8 Å². The van der Waals surface area contributed by atoms with Crippen LogP contribution in [0, 0.1) is 5.82 Å². The Bertz CT molecular complexity index is 582. The molecule has 0 atom stereocenters. The highest BCUT2D eigenvalue weighted by molar-refractivity contribution is 5.59. The first-order valence-corrected chi connectivity index (χ1v) is 6.12. The zero-order valence-corrected chi connectivity index (χ0v) is 10.3. The second kappa shape index (κ2) is 4.93. The Kier molecular flexibility index (Phi) is 3.13. The van der Waals surface area contributed by atoms with Crippen molar-refractivity contribution in [3.05, 3.63) is 47.7 Å². The fourth-order valence-corrected chi connectivity index (χ4v) is 2.20. The summed E-state index contributed by atoms with van der Waals surface area (Å²) in [5, 5.41) is 8.98. The van der Waals surface area contributed by atoms with E-state index in [1.54, 1.807) is 12.1 Å². The van der Waals surface area contributed by atoms with Crippen LogP contribution in [-0.4, -0.2) is 18.3 Å². The third kappa shape index (κ3) is 2.42. The summed E-state index contributed by atoms with van der Waals surface area (Å²) >= 11 is 0. The van der Waals surface area contributed by atoms with Gasteiger partial charge in [-0.05, 0) is 24.3 Å². The van der Waals surface area contributed by atoms with Gasteiger partial charge in [0.25, 0.3) is 0 Å². The second-order valence-corrected chi connectivity index (χ2v) is 4.41. The lowest BCUT2D eigenvalue weighted by Gasteiger charge is -2.30. The number of hydrogen-bond acceptors (Lipinski definition) is 4. The van der Waals surface area contributed by atoms with Crippen molar-refractivity contribution in [2.24, 2.45) is 0 Å². The van der Waals surface area contributed by atoms with Gasteiger partial charge in [-0.15, -0.1) is 0 Å². The van der Waals surface area contributed by atoms with E-state index in [-0.39, 0.29) is 12.4 Å². The topological polar surface area (TPSA) is 45.8 Å². The quantitative estimate of drug-likeness (QED) is 0.923. The van der Waals surface area contributed by atoms with Gasteiger partial charge in [0.1, 0.15) is 36.3 Å². The summed E-state index contributed by atoms with van der Waals surface area (Å²) in [6.45, 7) is 1.70. The molecule has 1 aromatic carbocycles. The number of hydrogen-bond donors (Lipinski definition) is 1. The van der Waals surface area contributed by atoms with E-state index >= 15 is 0 Å². The second-order valence-electron chi connectivity index (χ2n) is 4.41. The lowest BCUT2D eigenvalue weighted by atomic mass is 10.2. The first kappa shape index (κ1) is 12.0. The molecule has 4 nitrogen and oxygen atoms in total. The molecule has 5 heteroatoms. The van der Waals surface area contributed by atoms with Gasteiger partial charge in [-0.25, -0.2) is 4.39 Å². The van der Waals surface area contributed by atoms with E-state index in [4.69, 9.17) is 14.3 Å². The molecule has 1 aromatic heterocycles. The number of aliphatic hydroxyl groups is 1. The molecule has 2 heterocycles. The number of aliphatic hydroxyl groups excluding tert-OH is 1. The van der Waals surface area contributed by atoms with Crippen LogP contribution >= 0.6 is 0 Å². The first-order chi connectivity index (χ1) is 9.26. The van der Waals surface area contributed by atoms with Gasteiger partial charge < -0.3 is 19.2 Å². The number of halogens is 1. The Balaban J connectivity index is 1.83. The Hall–Kier alpha value is -2.01. The lowest BCUT2D eigenvalue weighted by molar-refractivity contribution is 0.242. The van der Waals surface area contributed by atoms with Crippen LogP contribution in [0.5, 0.6) is 5.75 Å². The van der Waals surface area contributed by atoms with Crippen LogP contribution in [-0.2, 0) is 13.2 Å². The van der Waals surface area contributed by atoms with Crippen LogP contribution < -0.4 is 9.64 Å². The molecule has 100 valence electrons. The summed E-state index contributed by atoms with van der Waals surface area (Å²) in [7, 11) is 0. The monoisotopic (exact) mass is 263 g/mol. The molecule has 0 fully saturated rings. The first-order valence-electron chi connectivity index (χ1n) is 6.12. The standard InChI is InChI=1S/C14H14FNO3/c15-10-1-4-13-14(7-10)18-6-5-16(13)8-11-2-3-12(9-17)19-11/h1-4,7,17H,5-6,8-9H2. The smallest absolute Gasteiger partial charge is 0.145 e. The summed E-state index contributed by atoms with van der Waals surface area (Å²) in [5.41, 5.74) is 0.856. The largest absolute Gasteiger partial charge is 0.489 e. The zero-order chi connectivity index (χ0) is 13.2. The van der Waals surface area contributed by atoms with Crippen molar-refractivity contribution in [3.63, 3.8) is 0 Å². The number of nitrogens with zero attached hydrogens (tertiary/aromatic N) is 1. The molecule has 1 aliphatic rings. The van der Waals surface area contributed by atoms with Crippen LogP contribution in [0.4, 0.5) is 10.1 Å². The van der Waals surface area contributed by atoms with Crippen LogP contribution in [0.15, 0.2) is 34.7 Å².